The van der Waals surface area contributed by atoms with Crippen LogP contribution >= 0.6 is 0 Å². The van der Waals surface area contributed by atoms with E-state index in [1.54, 1.807) is 0 Å². The van der Waals surface area contributed by atoms with E-state index in [0.29, 0.717) is 10.9 Å². The maximum atomic E-state index is 9.67. The van der Waals surface area contributed by atoms with Crippen LogP contribution in [0.25, 0.3) is 0 Å². The fourth-order valence-electron chi connectivity index (χ4n) is 0.693. The largest absolute Gasteiger partial charge is 0.379 e. The van der Waals surface area contributed by atoms with E-state index in [0.717, 1.165) is 0 Å². The molecule has 0 aromatic heterocycles. The zero-order chi connectivity index (χ0) is 10.3. The first-order chi connectivity index (χ1) is 6.04. The Balaban J connectivity index is 0.000000310. The van der Waals surface area contributed by atoms with Gasteiger partial charge in [0, 0.05) is 10.9 Å². The normalized spacial score (nSPS) is 9.77. The Morgan fingerprint density at radius 3 is 1.62 bits per heavy atom. The summed E-state index contributed by atoms with van der Waals surface area (Å²) >= 11 is 0. The Bertz CT molecular complexity index is 209. The highest BCUT2D eigenvalue weighted by Gasteiger charge is 2.03. The van der Waals surface area contributed by atoms with Crippen LogP contribution in [0.5, 0.6) is 0 Å². The molecule has 0 nitrogen and oxygen atoms in total. The van der Waals surface area contributed by atoms with E-state index in [1.807, 2.05) is 0 Å². The molecule has 0 fully saturated rings. The van der Waals surface area contributed by atoms with E-state index in [4.69, 9.17) is 0 Å². The molecule has 1 aromatic rings. The molecule has 74 valence electrons. The fourth-order valence-corrected chi connectivity index (χ4v) is 1.39. The third kappa shape index (κ3) is 7.71. The van der Waals surface area contributed by atoms with E-state index >= 15 is 0 Å². The summed E-state index contributed by atoms with van der Waals surface area (Å²) in [6.07, 6.45) is 4.46. The summed E-state index contributed by atoms with van der Waals surface area (Å²) in [6, 6.07) is 10.6. The SMILES string of the molecule is C[S+](C)c1ccccc1.FC(F)F. The first-order valence-electron chi connectivity index (χ1n) is 3.59. The molecule has 0 amide bonds. The summed E-state index contributed by atoms with van der Waals surface area (Å²) in [6.45, 7) is -3.67. The van der Waals surface area contributed by atoms with Crippen LogP contribution in [-0.2, 0) is 10.9 Å². The Morgan fingerprint density at radius 1 is 1.00 bits per heavy atom. The van der Waals surface area contributed by atoms with Gasteiger partial charge in [-0.2, -0.15) is 13.2 Å². The fraction of sp³-hybridized carbons (Fsp3) is 0.333. The zero-order valence-electron chi connectivity index (χ0n) is 7.51. The number of hydrogen-bond donors (Lipinski definition) is 0. The molecule has 4 heteroatoms. The molecule has 0 saturated carbocycles. The number of rotatable bonds is 1. The topological polar surface area (TPSA) is 0 Å². The molecule has 0 radical (unpaired) electrons. The van der Waals surface area contributed by atoms with Crippen molar-refractivity contribution in [3.63, 3.8) is 0 Å². The average molecular weight is 209 g/mol. The summed E-state index contributed by atoms with van der Waals surface area (Å²) in [5, 5.41) is 0. The van der Waals surface area contributed by atoms with Gasteiger partial charge < -0.3 is 0 Å². The Morgan fingerprint density at radius 2 is 1.38 bits per heavy atom. The van der Waals surface area contributed by atoms with Crippen molar-refractivity contribution in [3.8, 4) is 0 Å². The van der Waals surface area contributed by atoms with Gasteiger partial charge in [0.1, 0.15) is 12.5 Å². The van der Waals surface area contributed by atoms with Crippen molar-refractivity contribution in [2.75, 3.05) is 12.5 Å². The smallest absolute Gasteiger partial charge is 0.174 e. The van der Waals surface area contributed by atoms with Crippen molar-refractivity contribution in [2.45, 2.75) is 11.6 Å². The Kier molecular flexibility index (Phi) is 6.49. The molecule has 13 heavy (non-hydrogen) atoms. The molecule has 0 bridgehead atoms. The lowest BCUT2D eigenvalue weighted by Gasteiger charge is -1.91. The van der Waals surface area contributed by atoms with Gasteiger partial charge in [-0.25, -0.2) is 0 Å². The Hall–Kier alpha value is -0.640. The maximum Gasteiger partial charge on any atom is 0.379 e. The monoisotopic (exact) mass is 209 g/mol. The third-order valence-electron chi connectivity index (χ3n) is 1.21. The lowest BCUT2D eigenvalue weighted by molar-refractivity contribution is 0.00819. The van der Waals surface area contributed by atoms with E-state index < -0.39 is 6.68 Å². The summed E-state index contributed by atoms with van der Waals surface area (Å²) in [5.41, 5.74) is 0. The van der Waals surface area contributed by atoms with Crippen molar-refractivity contribution < 1.29 is 13.2 Å². The van der Waals surface area contributed by atoms with Crippen LogP contribution in [0.4, 0.5) is 13.2 Å². The van der Waals surface area contributed by atoms with Gasteiger partial charge in [0.2, 0.25) is 0 Å². The molecular weight excluding hydrogens is 197 g/mol. The molecule has 1 aromatic carbocycles. The molecule has 0 saturated heterocycles. The van der Waals surface area contributed by atoms with Gasteiger partial charge in [0.25, 0.3) is 0 Å². The first-order valence-corrected chi connectivity index (χ1v) is 5.63. The second-order valence-corrected chi connectivity index (χ2v) is 4.48. The molecule has 0 atom stereocenters. The van der Waals surface area contributed by atoms with Crippen molar-refractivity contribution in [1.29, 1.82) is 0 Å². The van der Waals surface area contributed by atoms with Gasteiger partial charge in [-0.1, -0.05) is 18.2 Å². The van der Waals surface area contributed by atoms with Crippen molar-refractivity contribution in [2.24, 2.45) is 0 Å². The standard InChI is InChI=1S/C8H11S.CHF3/c1-9(2)8-6-4-3-5-7-8;2-1(3)4/h3-7H,1-2H3;1H/q+1;. The highest BCUT2D eigenvalue weighted by molar-refractivity contribution is 7.95. The number of alkyl halides is 3. The van der Waals surface area contributed by atoms with Crippen LogP contribution in [0, 0.1) is 0 Å². The quantitative estimate of drug-likeness (QED) is 0.623. The van der Waals surface area contributed by atoms with Crippen LogP contribution in [0.15, 0.2) is 35.2 Å². The minimum absolute atomic E-state index is 0.421. The van der Waals surface area contributed by atoms with Gasteiger partial charge in [0.15, 0.2) is 4.90 Å². The number of benzene rings is 1. The Labute approximate surface area is 79.1 Å². The van der Waals surface area contributed by atoms with Crippen molar-refractivity contribution >= 4 is 10.9 Å². The van der Waals surface area contributed by atoms with Gasteiger partial charge in [-0.3, -0.25) is 0 Å². The van der Waals surface area contributed by atoms with Gasteiger partial charge in [0.05, 0.1) is 0 Å². The average Bonchev–Trinajstić information content (AvgIpc) is 2.05. The second-order valence-electron chi connectivity index (χ2n) is 2.38. The van der Waals surface area contributed by atoms with Gasteiger partial charge in [-0.05, 0) is 12.1 Å². The van der Waals surface area contributed by atoms with Crippen LogP contribution in [0.2, 0.25) is 0 Å². The first kappa shape index (κ1) is 12.4. The van der Waals surface area contributed by atoms with Crippen LogP contribution in [0.3, 0.4) is 0 Å². The number of halogens is 3. The zero-order valence-corrected chi connectivity index (χ0v) is 8.32. The van der Waals surface area contributed by atoms with E-state index in [9.17, 15) is 13.2 Å². The number of hydrogen-bond acceptors (Lipinski definition) is 0. The summed E-state index contributed by atoms with van der Waals surface area (Å²) in [4.78, 5) is 1.44. The highest BCUT2D eigenvalue weighted by Crippen LogP contribution is 2.05. The minimum Gasteiger partial charge on any atom is -0.174 e. The van der Waals surface area contributed by atoms with Gasteiger partial charge >= 0.3 is 6.68 Å². The molecule has 0 aliphatic carbocycles. The van der Waals surface area contributed by atoms with E-state index in [2.05, 4.69) is 42.8 Å². The summed E-state index contributed by atoms with van der Waals surface area (Å²) in [7, 11) is 0.421. The second kappa shape index (κ2) is 6.83. The lowest BCUT2D eigenvalue weighted by atomic mass is 10.4. The molecule has 1 rings (SSSR count). The highest BCUT2D eigenvalue weighted by atomic mass is 32.2. The molecule has 0 unspecified atom stereocenters. The predicted molar refractivity (Wildman–Crippen MR) is 51.0 cm³/mol. The molecule has 0 heterocycles. The summed E-state index contributed by atoms with van der Waals surface area (Å²) in [5.74, 6) is 0. The molecule has 0 aliphatic rings. The lowest BCUT2D eigenvalue weighted by Crippen LogP contribution is -1.93. The van der Waals surface area contributed by atoms with E-state index in [-0.39, 0.29) is 0 Å². The maximum absolute atomic E-state index is 9.67. The van der Waals surface area contributed by atoms with Crippen LogP contribution in [-0.4, -0.2) is 19.2 Å². The van der Waals surface area contributed by atoms with Gasteiger partial charge in [-0.15, -0.1) is 0 Å². The van der Waals surface area contributed by atoms with E-state index in [1.165, 1.54) is 4.90 Å². The molecule has 0 aliphatic heterocycles. The summed E-state index contributed by atoms with van der Waals surface area (Å²) < 4.78 is 29.0. The molecule has 0 N–H and O–H groups in total. The molecular formula is C9H12F3S+. The van der Waals surface area contributed by atoms with Crippen LogP contribution < -0.4 is 0 Å². The minimum atomic E-state index is -3.67. The predicted octanol–water partition coefficient (Wildman–Crippen LogP) is 3.10. The third-order valence-corrected chi connectivity index (χ3v) is 2.43. The van der Waals surface area contributed by atoms with Crippen molar-refractivity contribution in [3.05, 3.63) is 30.3 Å². The molecule has 0 spiro atoms. The van der Waals surface area contributed by atoms with Crippen molar-refractivity contribution in [1.82, 2.24) is 0 Å². The van der Waals surface area contributed by atoms with Crippen LogP contribution in [0.1, 0.15) is 0 Å².